The lowest BCUT2D eigenvalue weighted by Gasteiger charge is -2.15. The van der Waals surface area contributed by atoms with E-state index < -0.39 is 0 Å². The highest BCUT2D eigenvalue weighted by Crippen LogP contribution is 2.10. The normalized spacial score (nSPS) is 12.2. The molecule has 88 valence electrons. The molecule has 1 aromatic carbocycles. The van der Waals surface area contributed by atoms with Crippen LogP contribution in [0.15, 0.2) is 30.3 Å². The fraction of sp³-hybridized carbons (Fsp3) is 0.462. The quantitative estimate of drug-likeness (QED) is 0.804. The van der Waals surface area contributed by atoms with Crippen LogP contribution in [0, 0.1) is 5.92 Å². The molecule has 0 aliphatic rings. The van der Waals surface area contributed by atoms with E-state index in [-0.39, 0.29) is 12.1 Å². The van der Waals surface area contributed by atoms with Gasteiger partial charge in [0.05, 0.1) is 6.04 Å². The minimum Gasteiger partial charge on any atom is -0.338 e. The Bertz CT molecular complexity index is 322. The van der Waals surface area contributed by atoms with E-state index in [1.807, 2.05) is 37.3 Å². The predicted molar refractivity (Wildman–Crippen MR) is 66.2 cm³/mol. The van der Waals surface area contributed by atoms with E-state index in [0.29, 0.717) is 12.5 Å². The summed E-state index contributed by atoms with van der Waals surface area (Å²) in [7, 11) is 0. The molecule has 0 radical (unpaired) electrons. The van der Waals surface area contributed by atoms with Crippen molar-refractivity contribution >= 4 is 6.03 Å². The number of rotatable bonds is 4. The molecule has 3 nitrogen and oxygen atoms in total. The standard InChI is InChI=1S/C13H20N2O/c1-10(2)9-14-13(16)15-11(3)12-7-5-4-6-8-12/h4-8,10-11H,9H2,1-3H3,(H2,14,15,16). The lowest BCUT2D eigenvalue weighted by Crippen LogP contribution is -2.38. The molecule has 2 N–H and O–H groups in total. The van der Waals surface area contributed by atoms with Gasteiger partial charge in [-0.25, -0.2) is 4.79 Å². The molecule has 0 spiro atoms. The van der Waals surface area contributed by atoms with Crippen LogP contribution in [-0.2, 0) is 0 Å². The summed E-state index contributed by atoms with van der Waals surface area (Å²) in [5.74, 6) is 0.470. The summed E-state index contributed by atoms with van der Waals surface area (Å²) in [6.45, 7) is 6.82. The van der Waals surface area contributed by atoms with Crippen LogP contribution < -0.4 is 10.6 Å². The molecule has 0 saturated carbocycles. The van der Waals surface area contributed by atoms with E-state index in [1.54, 1.807) is 0 Å². The fourth-order valence-electron chi connectivity index (χ4n) is 1.37. The zero-order valence-electron chi connectivity index (χ0n) is 10.2. The lowest BCUT2D eigenvalue weighted by molar-refractivity contribution is 0.236. The maximum absolute atomic E-state index is 11.5. The van der Waals surface area contributed by atoms with Gasteiger partial charge in [0, 0.05) is 6.54 Å². The molecule has 1 unspecified atom stereocenters. The first-order valence-electron chi connectivity index (χ1n) is 5.69. The monoisotopic (exact) mass is 220 g/mol. The van der Waals surface area contributed by atoms with Crippen LogP contribution in [0.2, 0.25) is 0 Å². The van der Waals surface area contributed by atoms with Gasteiger partial charge in [-0.3, -0.25) is 0 Å². The number of carbonyl (C=O) groups is 1. The van der Waals surface area contributed by atoms with Crippen molar-refractivity contribution in [3.63, 3.8) is 0 Å². The Morgan fingerprint density at radius 3 is 2.38 bits per heavy atom. The number of amides is 2. The number of hydrogen-bond acceptors (Lipinski definition) is 1. The van der Waals surface area contributed by atoms with E-state index in [9.17, 15) is 4.79 Å². The lowest BCUT2D eigenvalue weighted by atomic mass is 10.1. The highest BCUT2D eigenvalue weighted by Gasteiger charge is 2.08. The number of nitrogens with one attached hydrogen (secondary N) is 2. The molecule has 0 saturated heterocycles. The van der Waals surface area contributed by atoms with Crippen molar-refractivity contribution < 1.29 is 4.79 Å². The average Bonchev–Trinajstić information content (AvgIpc) is 2.27. The molecule has 2 amide bonds. The first kappa shape index (κ1) is 12.6. The van der Waals surface area contributed by atoms with Crippen LogP contribution >= 0.6 is 0 Å². The van der Waals surface area contributed by atoms with E-state index in [2.05, 4.69) is 24.5 Å². The van der Waals surface area contributed by atoms with E-state index >= 15 is 0 Å². The molecule has 16 heavy (non-hydrogen) atoms. The van der Waals surface area contributed by atoms with Crippen molar-refractivity contribution in [3.8, 4) is 0 Å². The van der Waals surface area contributed by atoms with Gasteiger partial charge in [0.25, 0.3) is 0 Å². The van der Waals surface area contributed by atoms with Crippen molar-refractivity contribution in [1.29, 1.82) is 0 Å². The maximum Gasteiger partial charge on any atom is 0.315 e. The van der Waals surface area contributed by atoms with Crippen molar-refractivity contribution in [3.05, 3.63) is 35.9 Å². The number of urea groups is 1. The highest BCUT2D eigenvalue weighted by atomic mass is 16.2. The zero-order chi connectivity index (χ0) is 12.0. The third-order valence-corrected chi connectivity index (χ3v) is 2.32. The van der Waals surface area contributed by atoms with Crippen LogP contribution in [0.3, 0.4) is 0 Å². The van der Waals surface area contributed by atoms with Crippen molar-refractivity contribution in [2.45, 2.75) is 26.8 Å². The highest BCUT2D eigenvalue weighted by molar-refractivity contribution is 5.74. The maximum atomic E-state index is 11.5. The summed E-state index contributed by atoms with van der Waals surface area (Å²) in [5.41, 5.74) is 1.11. The SMILES string of the molecule is CC(C)CNC(=O)NC(C)c1ccccc1. The van der Waals surface area contributed by atoms with Gasteiger partial charge in [0.15, 0.2) is 0 Å². The molecular weight excluding hydrogens is 200 g/mol. The molecule has 0 aromatic heterocycles. The Balaban J connectivity index is 2.40. The molecule has 1 rings (SSSR count). The van der Waals surface area contributed by atoms with Gasteiger partial charge in [-0.2, -0.15) is 0 Å². The van der Waals surface area contributed by atoms with Gasteiger partial charge >= 0.3 is 6.03 Å². The largest absolute Gasteiger partial charge is 0.338 e. The van der Waals surface area contributed by atoms with Crippen molar-refractivity contribution in [2.75, 3.05) is 6.54 Å². The third-order valence-electron chi connectivity index (χ3n) is 2.32. The number of carbonyl (C=O) groups excluding carboxylic acids is 1. The molecule has 1 atom stereocenters. The van der Waals surface area contributed by atoms with E-state index in [1.165, 1.54) is 0 Å². The minimum atomic E-state index is -0.106. The predicted octanol–water partition coefficient (Wildman–Crippen LogP) is 2.70. The topological polar surface area (TPSA) is 41.1 Å². The molecule has 0 heterocycles. The second-order valence-electron chi connectivity index (χ2n) is 4.38. The van der Waals surface area contributed by atoms with Crippen LogP contribution in [0.5, 0.6) is 0 Å². The summed E-state index contributed by atoms with van der Waals surface area (Å²) in [6, 6.07) is 9.85. The van der Waals surface area contributed by atoms with Gasteiger partial charge in [-0.1, -0.05) is 44.2 Å². The van der Waals surface area contributed by atoms with Crippen molar-refractivity contribution in [1.82, 2.24) is 10.6 Å². The van der Waals surface area contributed by atoms with Gasteiger partial charge in [0.2, 0.25) is 0 Å². The number of benzene rings is 1. The van der Waals surface area contributed by atoms with Gasteiger partial charge < -0.3 is 10.6 Å². The van der Waals surface area contributed by atoms with Crippen LogP contribution in [0.25, 0.3) is 0 Å². The summed E-state index contributed by atoms with van der Waals surface area (Å²) in [5, 5.41) is 5.73. The molecular formula is C13H20N2O. The summed E-state index contributed by atoms with van der Waals surface area (Å²) in [4.78, 5) is 11.5. The van der Waals surface area contributed by atoms with Crippen LogP contribution in [-0.4, -0.2) is 12.6 Å². The Kier molecular flexibility index (Phi) is 4.83. The van der Waals surface area contributed by atoms with E-state index in [4.69, 9.17) is 0 Å². The second-order valence-corrected chi connectivity index (χ2v) is 4.38. The first-order valence-corrected chi connectivity index (χ1v) is 5.69. The van der Waals surface area contributed by atoms with Crippen LogP contribution in [0.1, 0.15) is 32.4 Å². The minimum absolute atomic E-state index is 0.0355. The van der Waals surface area contributed by atoms with E-state index in [0.717, 1.165) is 5.56 Å². The Hall–Kier alpha value is -1.51. The molecule has 0 bridgehead atoms. The first-order chi connectivity index (χ1) is 7.59. The van der Waals surface area contributed by atoms with Gasteiger partial charge in [-0.05, 0) is 18.4 Å². The molecule has 3 heteroatoms. The molecule has 1 aromatic rings. The Morgan fingerprint density at radius 1 is 1.19 bits per heavy atom. The summed E-state index contributed by atoms with van der Waals surface area (Å²) in [6.07, 6.45) is 0. The number of hydrogen-bond donors (Lipinski definition) is 2. The van der Waals surface area contributed by atoms with Gasteiger partial charge in [0.1, 0.15) is 0 Å². The van der Waals surface area contributed by atoms with Crippen molar-refractivity contribution in [2.24, 2.45) is 5.92 Å². The second kappa shape index (κ2) is 6.16. The Morgan fingerprint density at radius 2 is 1.81 bits per heavy atom. The van der Waals surface area contributed by atoms with Crippen LogP contribution in [0.4, 0.5) is 4.79 Å². The fourth-order valence-corrected chi connectivity index (χ4v) is 1.37. The summed E-state index contributed by atoms with van der Waals surface area (Å²) < 4.78 is 0. The Labute approximate surface area is 97.2 Å². The summed E-state index contributed by atoms with van der Waals surface area (Å²) >= 11 is 0. The average molecular weight is 220 g/mol. The van der Waals surface area contributed by atoms with Gasteiger partial charge in [-0.15, -0.1) is 0 Å². The zero-order valence-corrected chi connectivity index (χ0v) is 10.2. The molecule has 0 fully saturated rings. The third kappa shape index (κ3) is 4.34. The molecule has 0 aliphatic heterocycles. The smallest absolute Gasteiger partial charge is 0.315 e. The molecule has 0 aliphatic carbocycles.